The Hall–Kier alpha value is -3.01. The molecule has 9 nitrogen and oxygen atoms in total. The summed E-state index contributed by atoms with van der Waals surface area (Å²) in [6, 6.07) is 6.66. The topological polar surface area (TPSA) is 111 Å². The summed E-state index contributed by atoms with van der Waals surface area (Å²) in [5.41, 5.74) is 1.06. The Morgan fingerprint density at radius 3 is 2.78 bits per heavy atom. The minimum Gasteiger partial charge on any atom is -0.497 e. The minimum atomic E-state index is -0.231. The van der Waals surface area contributed by atoms with Crippen molar-refractivity contribution >= 4 is 29.1 Å². The Bertz CT molecular complexity index is 1030. The van der Waals surface area contributed by atoms with Crippen LogP contribution in [0.4, 0.5) is 5.69 Å². The number of fused-ring (bicyclic) bond motifs is 1. The number of thioether (sulfide) groups is 1. The van der Waals surface area contributed by atoms with Crippen LogP contribution in [0.1, 0.15) is 12.6 Å². The molecule has 1 aromatic carbocycles. The number of ether oxygens (including phenoxy) is 2. The Kier molecular flexibility index (Phi) is 5.65. The molecule has 0 saturated carbocycles. The molecule has 0 atom stereocenters. The number of aryl methyl sites for hydroxylation is 1. The molecule has 0 spiro atoms. The van der Waals surface area contributed by atoms with Gasteiger partial charge in [-0.05, 0) is 18.6 Å². The van der Waals surface area contributed by atoms with E-state index < -0.39 is 0 Å². The van der Waals surface area contributed by atoms with Gasteiger partial charge in [0.1, 0.15) is 11.5 Å². The molecular weight excluding hydrogens is 370 g/mol. The van der Waals surface area contributed by atoms with Gasteiger partial charge in [0.2, 0.25) is 11.7 Å². The first-order valence-electron chi connectivity index (χ1n) is 8.17. The molecule has 2 N–H and O–H groups in total. The Morgan fingerprint density at radius 2 is 2.07 bits per heavy atom. The van der Waals surface area contributed by atoms with Crippen LogP contribution in [0.5, 0.6) is 11.5 Å². The van der Waals surface area contributed by atoms with Gasteiger partial charge in [0.15, 0.2) is 5.16 Å². The first kappa shape index (κ1) is 18.8. The number of benzene rings is 1. The molecule has 1 amide bonds. The van der Waals surface area contributed by atoms with Gasteiger partial charge >= 0.3 is 0 Å². The molecule has 0 bridgehead atoms. The molecule has 142 valence electrons. The zero-order valence-electron chi connectivity index (χ0n) is 15.1. The second-order valence-corrected chi connectivity index (χ2v) is 6.47. The van der Waals surface area contributed by atoms with E-state index in [0.29, 0.717) is 34.5 Å². The maximum atomic E-state index is 12.4. The number of nitrogens with one attached hydrogen (secondary N) is 2. The number of anilines is 1. The molecule has 2 aromatic heterocycles. The van der Waals surface area contributed by atoms with Crippen molar-refractivity contribution in [3.63, 3.8) is 0 Å². The number of hydrogen-bond donors (Lipinski definition) is 2. The molecule has 2 heterocycles. The molecule has 3 rings (SSSR count). The van der Waals surface area contributed by atoms with Gasteiger partial charge in [-0.25, -0.2) is 0 Å². The highest BCUT2D eigenvalue weighted by Gasteiger charge is 2.14. The first-order chi connectivity index (χ1) is 13.0. The van der Waals surface area contributed by atoms with Gasteiger partial charge in [0.05, 0.1) is 25.7 Å². The smallest absolute Gasteiger partial charge is 0.252 e. The molecule has 0 saturated heterocycles. The fourth-order valence-corrected chi connectivity index (χ4v) is 3.32. The number of amides is 1. The van der Waals surface area contributed by atoms with E-state index in [1.54, 1.807) is 29.7 Å². The molecule has 27 heavy (non-hydrogen) atoms. The monoisotopic (exact) mass is 389 g/mol. The Labute approximate surface area is 159 Å². The average Bonchev–Trinajstić information content (AvgIpc) is 3.08. The molecule has 10 heteroatoms. The van der Waals surface area contributed by atoms with Crippen molar-refractivity contribution in [1.29, 1.82) is 0 Å². The minimum absolute atomic E-state index is 0.115. The van der Waals surface area contributed by atoms with Gasteiger partial charge in [0, 0.05) is 17.8 Å². The molecule has 0 radical (unpaired) electrons. The lowest BCUT2D eigenvalue weighted by atomic mass is 10.2. The van der Waals surface area contributed by atoms with Crippen molar-refractivity contribution in [3.05, 3.63) is 40.3 Å². The number of nitrogens with zero attached hydrogens (tertiary/aromatic N) is 3. The number of H-pyrrole nitrogens is 1. The molecule has 0 fully saturated rings. The zero-order chi connectivity index (χ0) is 19.4. The number of aromatic amines is 1. The maximum Gasteiger partial charge on any atom is 0.252 e. The number of methoxy groups -OCH3 is 2. The van der Waals surface area contributed by atoms with Gasteiger partial charge in [-0.3, -0.25) is 19.0 Å². The van der Waals surface area contributed by atoms with Crippen LogP contribution in [0.15, 0.2) is 34.2 Å². The van der Waals surface area contributed by atoms with Crippen LogP contribution in [-0.4, -0.2) is 45.5 Å². The van der Waals surface area contributed by atoms with Crippen LogP contribution in [-0.2, 0) is 11.2 Å². The third kappa shape index (κ3) is 4.05. The van der Waals surface area contributed by atoms with Crippen molar-refractivity contribution in [2.75, 3.05) is 25.3 Å². The molecule has 3 aromatic rings. The first-order valence-corrected chi connectivity index (χ1v) is 9.16. The number of hydrogen-bond acceptors (Lipinski definition) is 7. The summed E-state index contributed by atoms with van der Waals surface area (Å²) in [5, 5.41) is 11.4. The van der Waals surface area contributed by atoms with E-state index in [1.807, 2.05) is 6.92 Å². The highest BCUT2D eigenvalue weighted by molar-refractivity contribution is 7.99. The van der Waals surface area contributed by atoms with Crippen molar-refractivity contribution in [2.45, 2.75) is 18.5 Å². The predicted octanol–water partition coefficient (Wildman–Crippen LogP) is 1.73. The molecule has 0 unspecified atom stereocenters. The van der Waals surface area contributed by atoms with Gasteiger partial charge in [0.25, 0.3) is 5.56 Å². The molecular formula is C17H19N5O4S. The predicted molar refractivity (Wildman–Crippen MR) is 102 cm³/mol. The van der Waals surface area contributed by atoms with E-state index in [1.165, 1.54) is 24.9 Å². The molecule has 0 aliphatic heterocycles. The van der Waals surface area contributed by atoms with Gasteiger partial charge in [-0.15, -0.1) is 10.2 Å². The number of carbonyl (C=O) groups is 1. The number of rotatable bonds is 7. The van der Waals surface area contributed by atoms with Crippen molar-refractivity contribution in [1.82, 2.24) is 19.6 Å². The third-order valence-electron chi connectivity index (χ3n) is 3.83. The summed E-state index contributed by atoms with van der Waals surface area (Å²) >= 11 is 1.23. The van der Waals surface area contributed by atoms with E-state index >= 15 is 0 Å². The summed E-state index contributed by atoms with van der Waals surface area (Å²) in [7, 11) is 3.08. The summed E-state index contributed by atoms with van der Waals surface area (Å²) in [4.78, 5) is 26.6. The van der Waals surface area contributed by atoms with Crippen LogP contribution in [0.2, 0.25) is 0 Å². The largest absolute Gasteiger partial charge is 0.497 e. The second-order valence-electron chi connectivity index (χ2n) is 5.52. The normalized spacial score (nSPS) is 10.8. The van der Waals surface area contributed by atoms with E-state index in [9.17, 15) is 9.59 Å². The number of aromatic nitrogens is 4. The quantitative estimate of drug-likeness (QED) is 0.592. The van der Waals surface area contributed by atoms with Crippen LogP contribution < -0.4 is 20.3 Å². The van der Waals surface area contributed by atoms with E-state index in [2.05, 4.69) is 20.5 Å². The lowest BCUT2D eigenvalue weighted by Gasteiger charge is -2.11. The fourth-order valence-electron chi connectivity index (χ4n) is 2.55. The third-order valence-corrected chi connectivity index (χ3v) is 4.76. The highest BCUT2D eigenvalue weighted by atomic mass is 32.2. The van der Waals surface area contributed by atoms with Crippen LogP contribution >= 0.6 is 11.8 Å². The van der Waals surface area contributed by atoms with Crippen LogP contribution in [0, 0.1) is 0 Å². The van der Waals surface area contributed by atoms with E-state index in [-0.39, 0.29) is 17.2 Å². The number of carbonyl (C=O) groups excluding carboxylic acids is 1. The van der Waals surface area contributed by atoms with Crippen LogP contribution in [0.3, 0.4) is 0 Å². The maximum absolute atomic E-state index is 12.4. The summed E-state index contributed by atoms with van der Waals surface area (Å²) < 4.78 is 12.2. The lowest BCUT2D eigenvalue weighted by molar-refractivity contribution is -0.113. The van der Waals surface area contributed by atoms with Gasteiger partial charge < -0.3 is 14.8 Å². The average molecular weight is 389 g/mol. The Balaban J connectivity index is 1.75. The Morgan fingerprint density at radius 1 is 1.26 bits per heavy atom. The summed E-state index contributed by atoms with van der Waals surface area (Å²) in [6.07, 6.45) is 0.638. The lowest BCUT2D eigenvalue weighted by Crippen LogP contribution is -2.15. The van der Waals surface area contributed by atoms with E-state index in [0.717, 1.165) is 5.69 Å². The second kappa shape index (κ2) is 8.12. The SMILES string of the molecule is CCc1cc(=O)[nH]c2nnc(SCC(=O)Nc3cc(OC)ccc3OC)n12. The zero-order valence-corrected chi connectivity index (χ0v) is 15.9. The van der Waals surface area contributed by atoms with Gasteiger partial charge in [-0.2, -0.15) is 0 Å². The standard InChI is InChI=1S/C17H19N5O4S/c1-4-10-7-14(23)19-16-20-21-17(22(10)16)27-9-15(24)18-12-8-11(25-2)5-6-13(12)26-3/h5-8H,4,9H2,1-3H3,(H,18,24)(H,19,20,23). The fraction of sp³-hybridized carbons (Fsp3) is 0.294. The van der Waals surface area contributed by atoms with Gasteiger partial charge in [-0.1, -0.05) is 18.7 Å². The molecule has 0 aliphatic rings. The summed E-state index contributed by atoms with van der Waals surface area (Å²) in [5.74, 6) is 1.39. The van der Waals surface area contributed by atoms with Crippen molar-refractivity contribution < 1.29 is 14.3 Å². The van der Waals surface area contributed by atoms with Crippen molar-refractivity contribution in [2.24, 2.45) is 0 Å². The highest BCUT2D eigenvalue weighted by Crippen LogP contribution is 2.29. The summed E-state index contributed by atoms with van der Waals surface area (Å²) in [6.45, 7) is 1.93. The van der Waals surface area contributed by atoms with Crippen LogP contribution in [0.25, 0.3) is 5.78 Å². The molecule has 0 aliphatic carbocycles. The van der Waals surface area contributed by atoms with Crippen molar-refractivity contribution in [3.8, 4) is 11.5 Å². The van der Waals surface area contributed by atoms with E-state index in [4.69, 9.17) is 9.47 Å².